The molecule has 4 aromatic rings. The normalized spacial score (nSPS) is 18.1. The van der Waals surface area contributed by atoms with Gasteiger partial charge in [-0.2, -0.15) is 0 Å². The highest BCUT2D eigenvalue weighted by molar-refractivity contribution is 5.94. The monoisotopic (exact) mass is 535 g/mol. The standard InChI is InChI=1S/C33H33N3O4/c1-3-39-28-17-27(32(37)38)34-26-11-10-23(16-25(26)28)36-14-12-33(13-15-36)18-22(19-33)29-30(24-7-5-4-6-20(24)2)35-40-31(29)21-8-9-21/h4-7,10-11,16-18,21H,3,8-9,12-15,19H2,1-2H3,(H,37,38). The summed E-state index contributed by atoms with van der Waals surface area (Å²) < 4.78 is 11.8. The fraction of sp³-hybridized carbons (Fsp3) is 0.364. The summed E-state index contributed by atoms with van der Waals surface area (Å²) in [6, 6.07) is 16.0. The second kappa shape index (κ2) is 9.51. The average Bonchev–Trinajstić information content (AvgIpc) is 3.70. The molecule has 7 nitrogen and oxygen atoms in total. The van der Waals surface area contributed by atoms with Crippen molar-refractivity contribution < 1.29 is 19.2 Å². The quantitative estimate of drug-likeness (QED) is 0.267. The minimum Gasteiger partial charge on any atom is -0.493 e. The molecule has 7 heteroatoms. The maximum absolute atomic E-state index is 11.5. The first kappa shape index (κ1) is 24.9. The summed E-state index contributed by atoms with van der Waals surface area (Å²) in [5.41, 5.74) is 8.00. The highest BCUT2D eigenvalue weighted by Crippen LogP contribution is 2.56. The Morgan fingerprint density at radius 3 is 2.62 bits per heavy atom. The number of aromatic nitrogens is 2. The Balaban J connectivity index is 1.13. The van der Waals surface area contributed by atoms with Crippen LogP contribution in [0.25, 0.3) is 27.7 Å². The van der Waals surface area contributed by atoms with Gasteiger partial charge >= 0.3 is 5.97 Å². The molecule has 40 heavy (non-hydrogen) atoms. The number of pyridine rings is 1. The lowest BCUT2D eigenvalue weighted by molar-refractivity contribution is 0.0690. The largest absolute Gasteiger partial charge is 0.493 e. The highest BCUT2D eigenvalue weighted by atomic mass is 16.5. The number of carboxylic acids is 1. The molecule has 0 radical (unpaired) electrons. The fourth-order valence-electron chi connectivity index (χ4n) is 6.44. The first-order chi connectivity index (χ1) is 19.4. The predicted molar refractivity (Wildman–Crippen MR) is 155 cm³/mol. The molecule has 2 aromatic carbocycles. The van der Waals surface area contributed by atoms with Crippen molar-refractivity contribution >= 4 is 28.1 Å². The van der Waals surface area contributed by atoms with Gasteiger partial charge in [0.1, 0.15) is 17.2 Å². The Kier molecular flexibility index (Phi) is 5.91. The van der Waals surface area contributed by atoms with Crippen LogP contribution in [-0.2, 0) is 0 Å². The number of fused-ring (bicyclic) bond motifs is 1. The zero-order valence-electron chi connectivity index (χ0n) is 22.9. The van der Waals surface area contributed by atoms with E-state index in [4.69, 9.17) is 9.26 Å². The Morgan fingerprint density at radius 1 is 1.15 bits per heavy atom. The summed E-state index contributed by atoms with van der Waals surface area (Å²) in [5, 5.41) is 14.9. The van der Waals surface area contributed by atoms with Gasteiger partial charge in [-0.3, -0.25) is 0 Å². The van der Waals surface area contributed by atoms with Crippen LogP contribution in [0, 0.1) is 12.3 Å². The molecule has 0 atom stereocenters. The lowest BCUT2D eigenvalue weighted by atomic mass is 9.63. The smallest absolute Gasteiger partial charge is 0.354 e. The van der Waals surface area contributed by atoms with Crippen LogP contribution in [0.1, 0.15) is 72.3 Å². The van der Waals surface area contributed by atoms with Crippen molar-refractivity contribution in [2.45, 2.75) is 51.9 Å². The molecule has 1 N–H and O–H groups in total. The van der Waals surface area contributed by atoms with Gasteiger partial charge in [-0.25, -0.2) is 9.78 Å². The Labute approximate surface area is 233 Å². The molecule has 204 valence electrons. The summed E-state index contributed by atoms with van der Waals surface area (Å²) in [6.07, 6.45) is 8.13. The molecule has 2 fully saturated rings. The van der Waals surface area contributed by atoms with Crippen molar-refractivity contribution in [1.29, 1.82) is 0 Å². The van der Waals surface area contributed by atoms with Crippen molar-refractivity contribution in [3.05, 3.63) is 77.2 Å². The number of rotatable bonds is 7. The van der Waals surface area contributed by atoms with Crippen molar-refractivity contribution in [2.24, 2.45) is 5.41 Å². The minimum atomic E-state index is -1.05. The summed E-state index contributed by atoms with van der Waals surface area (Å²) >= 11 is 0. The number of benzene rings is 2. The second-order valence-electron chi connectivity index (χ2n) is 11.5. The summed E-state index contributed by atoms with van der Waals surface area (Å²) in [7, 11) is 0. The lowest BCUT2D eigenvalue weighted by Gasteiger charge is -2.47. The van der Waals surface area contributed by atoms with E-state index in [-0.39, 0.29) is 11.1 Å². The van der Waals surface area contributed by atoms with Crippen molar-refractivity contribution in [2.75, 3.05) is 24.6 Å². The van der Waals surface area contributed by atoms with E-state index in [0.29, 0.717) is 23.8 Å². The van der Waals surface area contributed by atoms with Gasteiger partial charge in [-0.15, -0.1) is 0 Å². The van der Waals surface area contributed by atoms with Gasteiger partial charge < -0.3 is 19.3 Å². The number of hydrogen-bond acceptors (Lipinski definition) is 6. The topological polar surface area (TPSA) is 88.7 Å². The number of carbonyl (C=O) groups is 1. The molecule has 1 spiro atoms. The van der Waals surface area contributed by atoms with Crippen LogP contribution in [0.2, 0.25) is 0 Å². The molecule has 2 aliphatic carbocycles. The first-order valence-electron chi connectivity index (χ1n) is 14.3. The Bertz CT molecular complexity index is 1660. The fourth-order valence-corrected chi connectivity index (χ4v) is 6.44. The molecule has 0 amide bonds. The summed E-state index contributed by atoms with van der Waals surface area (Å²) in [6.45, 7) is 6.43. The first-order valence-corrected chi connectivity index (χ1v) is 14.3. The highest BCUT2D eigenvalue weighted by Gasteiger charge is 2.44. The van der Waals surface area contributed by atoms with Crippen LogP contribution in [0.15, 0.2) is 59.1 Å². The Morgan fingerprint density at radius 2 is 1.93 bits per heavy atom. The van der Waals surface area contributed by atoms with E-state index in [1.165, 1.54) is 35.6 Å². The van der Waals surface area contributed by atoms with Crippen LogP contribution >= 0.6 is 0 Å². The van der Waals surface area contributed by atoms with Crippen molar-refractivity contribution in [3.8, 4) is 17.0 Å². The summed E-state index contributed by atoms with van der Waals surface area (Å²) in [5.74, 6) is 1.10. The van der Waals surface area contributed by atoms with Crippen molar-refractivity contribution in [3.63, 3.8) is 0 Å². The van der Waals surface area contributed by atoms with Gasteiger partial charge in [0, 0.05) is 47.3 Å². The zero-order valence-corrected chi connectivity index (χ0v) is 22.9. The molecule has 1 saturated carbocycles. The zero-order chi connectivity index (χ0) is 27.4. The molecule has 3 heterocycles. The van der Waals surface area contributed by atoms with Gasteiger partial charge in [0.15, 0.2) is 5.69 Å². The molecule has 0 bridgehead atoms. The maximum atomic E-state index is 11.5. The Hall–Kier alpha value is -4.13. The van der Waals surface area contributed by atoms with Crippen LogP contribution in [-0.4, -0.2) is 40.9 Å². The number of piperidine rings is 1. The van der Waals surface area contributed by atoms with E-state index in [2.05, 4.69) is 58.4 Å². The number of carboxylic acid groups (broad SMARTS) is 1. The van der Waals surface area contributed by atoms with Crippen LogP contribution < -0.4 is 9.64 Å². The van der Waals surface area contributed by atoms with Gasteiger partial charge in [0.25, 0.3) is 0 Å². The van der Waals surface area contributed by atoms with Crippen LogP contribution in [0.5, 0.6) is 5.75 Å². The number of allylic oxidation sites excluding steroid dienone is 2. The van der Waals surface area contributed by atoms with E-state index in [1.54, 1.807) is 0 Å². The van der Waals surface area contributed by atoms with E-state index in [1.807, 2.05) is 19.1 Å². The lowest BCUT2D eigenvalue weighted by Crippen LogP contribution is -2.42. The number of hydrogen-bond donors (Lipinski definition) is 1. The molecule has 3 aliphatic rings. The number of aromatic carboxylic acids is 1. The number of ether oxygens (including phenoxy) is 1. The van der Waals surface area contributed by atoms with E-state index in [0.717, 1.165) is 60.4 Å². The third-order valence-electron chi connectivity index (χ3n) is 8.81. The molecular formula is C33H33N3O4. The summed E-state index contributed by atoms with van der Waals surface area (Å²) in [4.78, 5) is 18.3. The molecule has 1 saturated heterocycles. The van der Waals surface area contributed by atoms with Gasteiger partial charge in [-0.05, 0) is 80.7 Å². The van der Waals surface area contributed by atoms with Crippen molar-refractivity contribution in [1.82, 2.24) is 10.1 Å². The minimum absolute atomic E-state index is 0.000522. The van der Waals surface area contributed by atoms with Crippen LogP contribution in [0.3, 0.4) is 0 Å². The molecule has 7 rings (SSSR count). The van der Waals surface area contributed by atoms with E-state index >= 15 is 0 Å². The van der Waals surface area contributed by atoms with Gasteiger partial charge in [0.05, 0.1) is 12.1 Å². The maximum Gasteiger partial charge on any atom is 0.354 e. The number of nitrogens with zero attached hydrogens (tertiary/aromatic N) is 3. The third kappa shape index (κ3) is 4.24. The van der Waals surface area contributed by atoms with Crippen LogP contribution in [0.4, 0.5) is 5.69 Å². The third-order valence-corrected chi connectivity index (χ3v) is 8.81. The second-order valence-corrected chi connectivity index (χ2v) is 11.5. The SMILES string of the molecule is CCOc1cc(C(=O)O)nc2ccc(N3CCC4(C=C(c5c(-c6ccccc6C)noc5C5CC5)C4)CC3)cc12. The van der Waals surface area contributed by atoms with E-state index in [9.17, 15) is 9.90 Å². The molecular weight excluding hydrogens is 502 g/mol. The van der Waals surface area contributed by atoms with E-state index < -0.39 is 5.97 Å². The van der Waals surface area contributed by atoms with Gasteiger partial charge in [-0.1, -0.05) is 35.5 Å². The molecule has 1 aliphatic heterocycles. The average molecular weight is 536 g/mol. The number of aryl methyl sites for hydroxylation is 1. The predicted octanol–water partition coefficient (Wildman–Crippen LogP) is 7.25. The number of anilines is 1. The molecule has 0 unspecified atom stereocenters. The molecule has 2 aromatic heterocycles. The van der Waals surface area contributed by atoms with Gasteiger partial charge in [0.2, 0.25) is 0 Å².